The van der Waals surface area contributed by atoms with Gasteiger partial charge in [0.25, 0.3) is 0 Å². The molecule has 0 aliphatic rings. The molecule has 94 valence electrons. The van der Waals surface area contributed by atoms with Crippen molar-refractivity contribution in [3.8, 4) is 0 Å². The van der Waals surface area contributed by atoms with Crippen LogP contribution in [0.3, 0.4) is 0 Å². The molecule has 0 aliphatic heterocycles. The van der Waals surface area contributed by atoms with Crippen LogP contribution in [0.1, 0.15) is 43.6 Å². The highest BCUT2D eigenvalue weighted by Gasteiger charge is 2.11. The molecule has 0 radical (unpaired) electrons. The highest BCUT2D eigenvalue weighted by molar-refractivity contribution is 5.29. The minimum atomic E-state index is 0.967. The zero-order valence-electron chi connectivity index (χ0n) is 11.6. The highest BCUT2D eigenvalue weighted by Crippen LogP contribution is 2.20. The number of hydrogen-bond acceptors (Lipinski definition) is 0. The topological polar surface area (TPSA) is 4.93 Å². The van der Waals surface area contributed by atoms with E-state index in [2.05, 4.69) is 44.6 Å². The molecule has 1 nitrogen and oxygen atoms in total. The van der Waals surface area contributed by atoms with Crippen LogP contribution < -0.4 is 0 Å². The van der Waals surface area contributed by atoms with Gasteiger partial charge in [-0.3, -0.25) is 0 Å². The van der Waals surface area contributed by atoms with Crippen molar-refractivity contribution in [1.29, 1.82) is 0 Å². The Morgan fingerprint density at radius 1 is 1.41 bits per heavy atom. The van der Waals surface area contributed by atoms with Gasteiger partial charge in [-0.25, -0.2) is 0 Å². The molecule has 1 aromatic rings. The van der Waals surface area contributed by atoms with E-state index in [4.69, 9.17) is 0 Å². The SMILES string of the molecule is C=CCCc1c(CC)cc(C)n1CC(=C)CC. The van der Waals surface area contributed by atoms with Crippen LogP contribution >= 0.6 is 0 Å². The molecule has 0 unspecified atom stereocenters. The van der Waals surface area contributed by atoms with Gasteiger partial charge in [0.15, 0.2) is 0 Å². The lowest BCUT2D eigenvalue weighted by atomic mass is 10.1. The maximum absolute atomic E-state index is 4.13. The molecular weight excluding hydrogens is 206 g/mol. The third-order valence-corrected chi connectivity index (χ3v) is 3.35. The summed E-state index contributed by atoms with van der Waals surface area (Å²) < 4.78 is 2.42. The zero-order chi connectivity index (χ0) is 12.8. The third kappa shape index (κ3) is 3.36. The quantitative estimate of drug-likeness (QED) is 0.611. The van der Waals surface area contributed by atoms with Crippen molar-refractivity contribution in [2.45, 2.75) is 53.0 Å². The number of rotatable bonds is 7. The van der Waals surface area contributed by atoms with Gasteiger partial charge >= 0.3 is 0 Å². The molecule has 1 heterocycles. The summed E-state index contributed by atoms with van der Waals surface area (Å²) in [7, 11) is 0. The largest absolute Gasteiger partial charge is 0.345 e. The Balaban J connectivity index is 3.02. The summed E-state index contributed by atoms with van der Waals surface area (Å²) in [6, 6.07) is 2.32. The van der Waals surface area contributed by atoms with Crippen LogP contribution in [0.2, 0.25) is 0 Å². The van der Waals surface area contributed by atoms with Crippen LogP contribution in [0.15, 0.2) is 30.9 Å². The molecule has 17 heavy (non-hydrogen) atoms. The van der Waals surface area contributed by atoms with Gasteiger partial charge < -0.3 is 4.57 Å². The highest BCUT2D eigenvalue weighted by atomic mass is 15.0. The van der Waals surface area contributed by atoms with Crippen LogP contribution in [0.4, 0.5) is 0 Å². The lowest BCUT2D eigenvalue weighted by Gasteiger charge is -2.13. The van der Waals surface area contributed by atoms with E-state index in [-0.39, 0.29) is 0 Å². The molecule has 1 rings (SSSR count). The molecule has 0 N–H and O–H groups in total. The first kappa shape index (κ1) is 13.8. The maximum Gasteiger partial charge on any atom is 0.0432 e. The fourth-order valence-electron chi connectivity index (χ4n) is 2.20. The second-order valence-electron chi connectivity index (χ2n) is 4.63. The van der Waals surface area contributed by atoms with E-state index in [0.717, 1.165) is 32.2 Å². The summed E-state index contributed by atoms with van der Waals surface area (Å²) in [5, 5.41) is 0. The molecule has 0 atom stereocenters. The molecule has 1 heteroatoms. The standard InChI is InChI=1S/C16H25N/c1-6-9-10-16-15(8-3)11-14(5)17(16)12-13(4)7-2/h6,11H,1,4,7-10,12H2,2-3,5H3. The lowest BCUT2D eigenvalue weighted by molar-refractivity contribution is 0.688. The molecule has 1 aromatic heterocycles. The van der Waals surface area contributed by atoms with Gasteiger partial charge in [0.2, 0.25) is 0 Å². The van der Waals surface area contributed by atoms with Crippen LogP contribution in [-0.2, 0) is 19.4 Å². The van der Waals surface area contributed by atoms with Crippen LogP contribution in [0.5, 0.6) is 0 Å². The number of aryl methyl sites for hydroxylation is 2. The second kappa shape index (κ2) is 6.48. The van der Waals surface area contributed by atoms with E-state index in [1.165, 1.54) is 22.5 Å². The first-order valence-electron chi connectivity index (χ1n) is 6.59. The minimum absolute atomic E-state index is 0.967. The van der Waals surface area contributed by atoms with Crippen LogP contribution in [0.25, 0.3) is 0 Å². The van der Waals surface area contributed by atoms with E-state index in [1.807, 2.05) is 6.08 Å². The normalized spacial score (nSPS) is 10.5. The van der Waals surface area contributed by atoms with E-state index in [9.17, 15) is 0 Å². The Morgan fingerprint density at radius 3 is 2.65 bits per heavy atom. The monoisotopic (exact) mass is 231 g/mol. The first-order chi connectivity index (χ1) is 8.13. The average Bonchev–Trinajstić information content (AvgIpc) is 2.63. The lowest BCUT2D eigenvalue weighted by Crippen LogP contribution is -2.07. The molecular formula is C16H25N. The van der Waals surface area contributed by atoms with Crippen molar-refractivity contribution in [3.05, 3.63) is 47.8 Å². The van der Waals surface area contributed by atoms with Crippen molar-refractivity contribution >= 4 is 0 Å². The number of allylic oxidation sites excluding steroid dienone is 2. The summed E-state index contributed by atoms with van der Waals surface area (Å²) in [6.07, 6.45) is 6.31. The molecule has 0 amide bonds. The molecule has 0 aromatic carbocycles. The van der Waals surface area contributed by atoms with E-state index in [0.29, 0.717) is 0 Å². The fraction of sp³-hybridized carbons (Fsp3) is 0.500. The molecule has 0 spiro atoms. The smallest absolute Gasteiger partial charge is 0.0432 e. The summed E-state index contributed by atoms with van der Waals surface area (Å²) in [4.78, 5) is 0. The predicted octanol–water partition coefficient (Wildman–Crippen LogP) is 4.44. The molecule has 0 saturated carbocycles. The maximum atomic E-state index is 4.13. The minimum Gasteiger partial charge on any atom is -0.345 e. The Morgan fingerprint density at radius 2 is 2.12 bits per heavy atom. The van der Waals surface area contributed by atoms with Crippen molar-refractivity contribution in [2.75, 3.05) is 0 Å². The summed E-state index contributed by atoms with van der Waals surface area (Å²) >= 11 is 0. The van der Waals surface area contributed by atoms with Crippen molar-refractivity contribution in [3.63, 3.8) is 0 Å². The fourth-order valence-corrected chi connectivity index (χ4v) is 2.20. The second-order valence-corrected chi connectivity index (χ2v) is 4.63. The average molecular weight is 231 g/mol. The van der Waals surface area contributed by atoms with Gasteiger partial charge in [-0.1, -0.05) is 32.1 Å². The molecule has 0 aliphatic carbocycles. The summed E-state index contributed by atoms with van der Waals surface area (Å²) in [5.74, 6) is 0. The van der Waals surface area contributed by atoms with Crippen molar-refractivity contribution in [1.82, 2.24) is 4.57 Å². The first-order valence-corrected chi connectivity index (χ1v) is 6.59. The van der Waals surface area contributed by atoms with E-state index < -0.39 is 0 Å². The Bertz CT molecular complexity index is 396. The summed E-state index contributed by atoms with van der Waals surface area (Å²) in [5.41, 5.74) is 5.61. The number of nitrogens with zero attached hydrogens (tertiary/aromatic N) is 1. The van der Waals surface area contributed by atoms with E-state index >= 15 is 0 Å². The van der Waals surface area contributed by atoms with Gasteiger partial charge in [0.1, 0.15) is 0 Å². The third-order valence-electron chi connectivity index (χ3n) is 3.35. The van der Waals surface area contributed by atoms with Gasteiger partial charge in [-0.2, -0.15) is 0 Å². The van der Waals surface area contributed by atoms with Gasteiger partial charge in [-0.15, -0.1) is 6.58 Å². The molecule has 0 bridgehead atoms. The Hall–Kier alpha value is -1.24. The molecule has 0 saturated heterocycles. The Labute approximate surface area is 106 Å². The van der Waals surface area contributed by atoms with Gasteiger partial charge in [-0.05, 0) is 44.2 Å². The zero-order valence-corrected chi connectivity index (χ0v) is 11.6. The Kier molecular flexibility index (Phi) is 5.27. The molecule has 0 fully saturated rings. The van der Waals surface area contributed by atoms with Crippen molar-refractivity contribution < 1.29 is 0 Å². The van der Waals surface area contributed by atoms with E-state index in [1.54, 1.807) is 0 Å². The number of hydrogen-bond donors (Lipinski definition) is 0. The summed E-state index contributed by atoms with van der Waals surface area (Å²) in [6.45, 7) is 15.5. The van der Waals surface area contributed by atoms with Crippen molar-refractivity contribution in [2.24, 2.45) is 0 Å². The number of aromatic nitrogens is 1. The predicted molar refractivity (Wildman–Crippen MR) is 76.5 cm³/mol. The van der Waals surface area contributed by atoms with Gasteiger partial charge in [0, 0.05) is 17.9 Å². The van der Waals surface area contributed by atoms with Crippen LogP contribution in [-0.4, -0.2) is 4.57 Å². The van der Waals surface area contributed by atoms with Gasteiger partial charge in [0.05, 0.1) is 0 Å². The van der Waals surface area contributed by atoms with Crippen LogP contribution in [0, 0.1) is 6.92 Å².